The van der Waals surface area contributed by atoms with Crippen molar-refractivity contribution in [1.82, 2.24) is 0 Å². The van der Waals surface area contributed by atoms with E-state index in [0.717, 1.165) is 15.6 Å². The summed E-state index contributed by atoms with van der Waals surface area (Å²) in [4.78, 5) is 0. The lowest BCUT2D eigenvalue weighted by molar-refractivity contribution is 0.298. The minimum absolute atomic E-state index is 0.0110. The van der Waals surface area contributed by atoms with Crippen LogP contribution >= 0.6 is 15.9 Å². The highest BCUT2D eigenvalue weighted by Gasteiger charge is 2.15. The second kappa shape index (κ2) is 4.95. The molecule has 0 radical (unpaired) electrons. The molecular formula is C13H17BrO. The Morgan fingerprint density at radius 2 is 2.07 bits per heavy atom. The van der Waals surface area contributed by atoms with Crippen LogP contribution in [0, 0.1) is 5.41 Å². The predicted molar refractivity (Wildman–Crippen MR) is 68.7 cm³/mol. The van der Waals surface area contributed by atoms with Crippen molar-refractivity contribution in [2.45, 2.75) is 20.8 Å². The van der Waals surface area contributed by atoms with Crippen molar-refractivity contribution >= 4 is 22.0 Å². The van der Waals surface area contributed by atoms with E-state index in [1.54, 1.807) is 0 Å². The molecule has 0 aliphatic heterocycles. The molecule has 0 atom stereocenters. The van der Waals surface area contributed by atoms with Gasteiger partial charge in [0.1, 0.15) is 0 Å². The molecule has 15 heavy (non-hydrogen) atoms. The van der Waals surface area contributed by atoms with Gasteiger partial charge < -0.3 is 5.11 Å². The Morgan fingerprint density at radius 3 is 2.53 bits per heavy atom. The topological polar surface area (TPSA) is 20.2 Å². The number of aliphatic hydroxyl groups is 1. The Morgan fingerprint density at radius 1 is 1.40 bits per heavy atom. The summed E-state index contributed by atoms with van der Waals surface area (Å²) in [5.41, 5.74) is 2.17. The van der Waals surface area contributed by atoms with Crippen LogP contribution in [0.15, 0.2) is 34.3 Å². The maximum Gasteiger partial charge on any atom is 0.0650 e. The molecular weight excluding hydrogens is 252 g/mol. The zero-order chi connectivity index (χ0) is 11.5. The fraction of sp³-hybridized carbons (Fsp3) is 0.385. The highest BCUT2D eigenvalue weighted by atomic mass is 79.9. The van der Waals surface area contributed by atoms with Crippen LogP contribution < -0.4 is 0 Å². The average molecular weight is 269 g/mol. The lowest BCUT2D eigenvalue weighted by Gasteiger charge is -2.21. The number of aliphatic hydroxyl groups excluding tert-OH is 1. The molecule has 0 heterocycles. The van der Waals surface area contributed by atoms with Crippen molar-refractivity contribution in [2.75, 3.05) is 6.61 Å². The van der Waals surface area contributed by atoms with Crippen LogP contribution in [0.3, 0.4) is 0 Å². The highest BCUT2D eigenvalue weighted by molar-refractivity contribution is 9.10. The zero-order valence-corrected chi connectivity index (χ0v) is 11.0. The van der Waals surface area contributed by atoms with E-state index in [4.69, 9.17) is 0 Å². The van der Waals surface area contributed by atoms with Crippen LogP contribution in [-0.2, 0) is 0 Å². The van der Waals surface area contributed by atoms with E-state index in [1.807, 2.05) is 30.3 Å². The van der Waals surface area contributed by atoms with Crippen molar-refractivity contribution in [2.24, 2.45) is 5.41 Å². The molecule has 0 unspecified atom stereocenters. The molecule has 2 heteroatoms. The average Bonchev–Trinajstić information content (AvgIpc) is 2.12. The largest absolute Gasteiger partial charge is 0.392 e. The smallest absolute Gasteiger partial charge is 0.0650 e. The van der Waals surface area contributed by atoms with Crippen LogP contribution in [0.4, 0.5) is 0 Å². The van der Waals surface area contributed by atoms with E-state index in [-0.39, 0.29) is 12.0 Å². The summed E-state index contributed by atoms with van der Waals surface area (Å²) in [6.07, 6.45) is 2.05. The molecule has 0 aromatic heterocycles. The van der Waals surface area contributed by atoms with Gasteiger partial charge in [-0.25, -0.2) is 0 Å². The van der Waals surface area contributed by atoms with Gasteiger partial charge in [0.25, 0.3) is 0 Å². The van der Waals surface area contributed by atoms with Crippen molar-refractivity contribution in [3.63, 3.8) is 0 Å². The number of hydrogen-bond acceptors (Lipinski definition) is 1. The molecule has 0 aliphatic carbocycles. The van der Waals surface area contributed by atoms with E-state index in [1.165, 1.54) is 0 Å². The number of rotatable bonds is 2. The molecule has 0 bridgehead atoms. The quantitative estimate of drug-likeness (QED) is 0.864. The molecule has 1 nitrogen and oxygen atoms in total. The Hall–Kier alpha value is -0.600. The molecule has 0 saturated carbocycles. The van der Waals surface area contributed by atoms with Gasteiger partial charge in [-0.05, 0) is 28.7 Å². The van der Waals surface area contributed by atoms with Crippen LogP contribution in [0.5, 0.6) is 0 Å². The molecule has 1 aromatic carbocycles. The van der Waals surface area contributed by atoms with Gasteiger partial charge in [0.2, 0.25) is 0 Å². The van der Waals surface area contributed by atoms with E-state index in [0.29, 0.717) is 0 Å². The van der Waals surface area contributed by atoms with Crippen molar-refractivity contribution in [1.29, 1.82) is 0 Å². The fourth-order valence-electron chi connectivity index (χ4n) is 1.30. The van der Waals surface area contributed by atoms with E-state index in [9.17, 15) is 5.11 Å². The summed E-state index contributed by atoms with van der Waals surface area (Å²) in [5, 5.41) is 9.31. The second-order valence-electron chi connectivity index (χ2n) is 4.63. The van der Waals surface area contributed by atoms with E-state index >= 15 is 0 Å². The third kappa shape index (κ3) is 3.80. The third-order valence-electron chi connectivity index (χ3n) is 2.32. The Balaban J connectivity index is 3.04. The zero-order valence-electron chi connectivity index (χ0n) is 9.42. The fourth-order valence-corrected chi connectivity index (χ4v) is 1.71. The summed E-state index contributed by atoms with van der Waals surface area (Å²) < 4.78 is 1.06. The van der Waals surface area contributed by atoms with Gasteiger partial charge in [-0.3, -0.25) is 0 Å². The van der Waals surface area contributed by atoms with Crippen LogP contribution in [0.2, 0.25) is 0 Å². The van der Waals surface area contributed by atoms with Crippen molar-refractivity contribution in [3.05, 3.63) is 39.9 Å². The first-order valence-electron chi connectivity index (χ1n) is 5.01. The standard InChI is InChI=1S/C13H17BrO/c1-13(2,3)11(9-15)7-10-5-4-6-12(14)8-10/h4-8,15H,9H2,1-3H3/b11-7+. The summed E-state index contributed by atoms with van der Waals surface area (Å²) >= 11 is 3.43. The minimum atomic E-state index is 0.0110. The van der Waals surface area contributed by atoms with Gasteiger partial charge in [-0.2, -0.15) is 0 Å². The highest BCUT2D eigenvalue weighted by Crippen LogP contribution is 2.27. The Labute approximate surface area is 100.0 Å². The number of hydrogen-bond donors (Lipinski definition) is 1. The number of benzene rings is 1. The molecule has 0 spiro atoms. The molecule has 1 rings (SSSR count). The van der Waals surface area contributed by atoms with Crippen LogP contribution in [-0.4, -0.2) is 11.7 Å². The number of halogens is 1. The lowest BCUT2D eigenvalue weighted by atomic mass is 9.86. The van der Waals surface area contributed by atoms with Gasteiger partial charge in [0.05, 0.1) is 6.61 Å². The van der Waals surface area contributed by atoms with Crippen LogP contribution in [0.25, 0.3) is 6.08 Å². The summed E-state index contributed by atoms with van der Waals surface area (Å²) in [6.45, 7) is 6.42. The maximum absolute atomic E-state index is 9.31. The third-order valence-corrected chi connectivity index (χ3v) is 2.82. The first-order valence-corrected chi connectivity index (χ1v) is 5.80. The predicted octanol–water partition coefficient (Wildman–Crippen LogP) is 3.87. The van der Waals surface area contributed by atoms with E-state index < -0.39 is 0 Å². The van der Waals surface area contributed by atoms with Gasteiger partial charge in [0.15, 0.2) is 0 Å². The second-order valence-corrected chi connectivity index (χ2v) is 5.55. The lowest BCUT2D eigenvalue weighted by Crippen LogP contribution is -2.12. The molecule has 1 N–H and O–H groups in total. The Kier molecular flexibility index (Phi) is 4.12. The van der Waals surface area contributed by atoms with E-state index in [2.05, 4.69) is 36.7 Å². The summed E-state index contributed by atoms with van der Waals surface area (Å²) in [7, 11) is 0. The molecule has 82 valence electrons. The summed E-state index contributed by atoms with van der Waals surface area (Å²) in [5.74, 6) is 0. The normalized spacial score (nSPS) is 13.0. The monoisotopic (exact) mass is 268 g/mol. The molecule has 0 saturated heterocycles. The van der Waals surface area contributed by atoms with Crippen molar-refractivity contribution < 1.29 is 5.11 Å². The molecule has 1 aromatic rings. The minimum Gasteiger partial charge on any atom is -0.392 e. The maximum atomic E-state index is 9.31. The summed E-state index contributed by atoms with van der Waals surface area (Å²) in [6, 6.07) is 8.06. The van der Waals surface area contributed by atoms with Gasteiger partial charge in [-0.1, -0.05) is 54.9 Å². The van der Waals surface area contributed by atoms with Crippen LogP contribution in [0.1, 0.15) is 26.3 Å². The SMILES string of the molecule is CC(C)(C)/C(=C/c1cccc(Br)c1)CO. The molecule has 0 aliphatic rings. The van der Waals surface area contributed by atoms with Gasteiger partial charge in [-0.15, -0.1) is 0 Å². The first-order chi connectivity index (χ1) is 6.93. The first kappa shape index (κ1) is 12.5. The Bertz CT molecular complexity index is 361. The van der Waals surface area contributed by atoms with Crippen molar-refractivity contribution in [3.8, 4) is 0 Å². The molecule has 0 fully saturated rings. The van der Waals surface area contributed by atoms with Gasteiger partial charge >= 0.3 is 0 Å². The molecule has 0 amide bonds. The van der Waals surface area contributed by atoms with Gasteiger partial charge in [0, 0.05) is 4.47 Å².